The Labute approximate surface area is 172 Å². The smallest absolute Gasteiger partial charge is 0.191 e. The molecule has 1 fully saturated rings. The molecule has 0 atom stereocenters. The Morgan fingerprint density at radius 3 is 2.73 bits per heavy atom. The molecule has 0 bridgehead atoms. The lowest BCUT2D eigenvalue weighted by Crippen LogP contribution is -2.50. The predicted octanol–water partition coefficient (Wildman–Crippen LogP) is 1.93. The summed E-state index contributed by atoms with van der Waals surface area (Å²) >= 11 is 0. The summed E-state index contributed by atoms with van der Waals surface area (Å²) in [5.74, 6) is 1.83. The summed E-state index contributed by atoms with van der Waals surface area (Å²) in [6.07, 6.45) is 5.12. The number of rotatable bonds is 5. The summed E-state index contributed by atoms with van der Waals surface area (Å²) in [5, 5.41) is 15.4. The average molecular weight is 471 g/mol. The molecule has 7 nitrogen and oxygen atoms in total. The van der Waals surface area contributed by atoms with Crippen LogP contribution >= 0.6 is 24.0 Å². The first kappa shape index (κ1) is 20.9. The van der Waals surface area contributed by atoms with Crippen LogP contribution in [0.2, 0.25) is 0 Å². The first-order valence-electron chi connectivity index (χ1n) is 9.17. The highest BCUT2D eigenvalue weighted by Crippen LogP contribution is 2.12. The number of fused-ring (bicyclic) bond motifs is 1. The third-order valence-electron chi connectivity index (χ3n) is 4.85. The molecule has 3 rings (SSSR count). The molecule has 0 aliphatic carbocycles. The molecule has 0 spiro atoms. The van der Waals surface area contributed by atoms with Gasteiger partial charge in [-0.2, -0.15) is 0 Å². The zero-order chi connectivity index (χ0) is 17.6. The topological polar surface area (TPSA) is 69.8 Å². The summed E-state index contributed by atoms with van der Waals surface area (Å²) < 4.78 is 2.03. The summed E-state index contributed by atoms with van der Waals surface area (Å²) in [4.78, 5) is 6.89. The second-order valence-electron chi connectivity index (χ2n) is 6.84. The van der Waals surface area contributed by atoms with Gasteiger partial charge in [-0.3, -0.25) is 9.39 Å². The van der Waals surface area contributed by atoms with Crippen LogP contribution in [0.15, 0.2) is 29.4 Å². The lowest BCUT2D eigenvalue weighted by molar-refractivity contribution is 0.167. The van der Waals surface area contributed by atoms with Crippen molar-refractivity contribution in [3.63, 3.8) is 0 Å². The number of piperidine rings is 1. The quantitative estimate of drug-likeness (QED) is 0.396. The molecule has 2 aromatic heterocycles. The Balaban J connectivity index is 0.00000243. The number of nitrogens with zero attached hydrogens (tertiary/aromatic N) is 5. The molecular weight excluding hydrogens is 441 g/mol. The van der Waals surface area contributed by atoms with Gasteiger partial charge in [0, 0.05) is 51.4 Å². The summed E-state index contributed by atoms with van der Waals surface area (Å²) in [5.41, 5.74) is 0.886. The zero-order valence-electron chi connectivity index (χ0n) is 15.9. The van der Waals surface area contributed by atoms with E-state index >= 15 is 0 Å². The Hall–Kier alpha value is -1.42. The third-order valence-corrected chi connectivity index (χ3v) is 4.85. The molecule has 8 heteroatoms. The van der Waals surface area contributed by atoms with E-state index < -0.39 is 0 Å². The highest BCUT2D eigenvalue weighted by atomic mass is 127. The number of aliphatic imine (C=N–C) groups is 1. The van der Waals surface area contributed by atoms with Crippen LogP contribution in [0.3, 0.4) is 0 Å². The van der Waals surface area contributed by atoms with Gasteiger partial charge in [0.05, 0.1) is 0 Å². The van der Waals surface area contributed by atoms with Gasteiger partial charge in [0.25, 0.3) is 0 Å². The summed E-state index contributed by atoms with van der Waals surface area (Å²) in [6, 6.07) is 7.07. The van der Waals surface area contributed by atoms with Gasteiger partial charge in [0.2, 0.25) is 0 Å². The first-order valence-corrected chi connectivity index (χ1v) is 9.17. The second kappa shape index (κ2) is 10.1. The van der Waals surface area contributed by atoms with Crippen LogP contribution in [0, 0.1) is 0 Å². The minimum absolute atomic E-state index is 0. The van der Waals surface area contributed by atoms with Crippen LogP contribution < -0.4 is 10.6 Å². The van der Waals surface area contributed by atoms with E-state index in [2.05, 4.69) is 44.6 Å². The summed E-state index contributed by atoms with van der Waals surface area (Å²) in [6.45, 7) is 7.61. The van der Waals surface area contributed by atoms with Crippen LogP contribution in [0.4, 0.5) is 0 Å². The number of nitrogens with one attached hydrogen (secondary N) is 2. The third kappa shape index (κ3) is 5.29. The fourth-order valence-corrected chi connectivity index (χ4v) is 3.30. The molecule has 0 amide bonds. The van der Waals surface area contributed by atoms with Gasteiger partial charge in [-0.15, -0.1) is 34.2 Å². The number of hydrogen-bond acceptors (Lipinski definition) is 4. The normalized spacial score (nSPS) is 16.7. The fraction of sp³-hybridized carbons (Fsp3) is 0.611. The van der Waals surface area contributed by atoms with Crippen molar-refractivity contribution in [2.75, 3.05) is 26.7 Å². The van der Waals surface area contributed by atoms with Gasteiger partial charge in [-0.25, -0.2) is 0 Å². The minimum Gasteiger partial charge on any atom is -0.356 e. The molecule has 144 valence electrons. The van der Waals surface area contributed by atoms with E-state index in [-0.39, 0.29) is 24.0 Å². The molecule has 1 aliphatic rings. The Morgan fingerprint density at radius 1 is 1.27 bits per heavy atom. The van der Waals surface area contributed by atoms with Crippen molar-refractivity contribution in [1.29, 1.82) is 0 Å². The van der Waals surface area contributed by atoms with E-state index in [4.69, 9.17) is 0 Å². The number of likely N-dealkylation sites (tertiary alicyclic amines) is 1. The molecule has 0 aromatic carbocycles. The van der Waals surface area contributed by atoms with E-state index in [0.717, 1.165) is 56.3 Å². The maximum atomic E-state index is 4.36. The number of pyridine rings is 1. The average Bonchev–Trinajstić information content (AvgIpc) is 3.04. The number of aromatic nitrogens is 3. The maximum absolute atomic E-state index is 4.36. The Morgan fingerprint density at radius 2 is 2.04 bits per heavy atom. The number of halogens is 1. The summed E-state index contributed by atoms with van der Waals surface area (Å²) in [7, 11) is 1.82. The molecule has 1 saturated heterocycles. The highest BCUT2D eigenvalue weighted by molar-refractivity contribution is 14.0. The van der Waals surface area contributed by atoms with Crippen LogP contribution in [-0.4, -0.2) is 64.2 Å². The van der Waals surface area contributed by atoms with Crippen molar-refractivity contribution in [3.05, 3.63) is 30.2 Å². The first-order chi connectivity index (χ1) is 12.2. The molecule has 2 aromatic rings. The van der Waals surface area contributed by atoms with E-state index in [0.29, 0.717) is 12.1 Å². The molecule has 0 saturated carbocycles. The van der Waals surface area contributed by atoms with E-state index in [1.54, 1.807) is 0 Å². The van der Waals surface area contributed by atoms with Crippen molar-refractivity contribution in [1.82, 2.24) is 30.1 Å². The van der Waals surface area contributed by atoms with Crippen molar-refractivity contribution in [2.45, 2.75) is 45.2 Å². The van der Waals surface area contributed by atoms with Crippen molar-refractivity contribution < 1.29 is 0 Å². The van der Waals surface area contributed by atoms with Gasteiger partial charge in [-0.1, -0.05) is 6.07 Å². The van der Waals surface area contributed by atoms with Crippen molar-refractivity contribution >= 4 is 35.6 Å². The SMILES string of the molecule is CN=C(NCCc1nnc2ccccn12)NC1CCN(C(C)C)CC1.I. The predicted molar refractivity (Wildman–Crippen MR) is 116 cm³/mol. The van der Waals surface area contributed by atoms with Crippen LogP contribution in [0.1, 0.15) is 32.5 Å². The zero-order valence-corrected chi connectivity index (χ0v) is 18.2. The Bertz CT molecular complexity index is 704. The van der Waals surface area contributed by atoms with Gasteiger partial charge in [0.1, 0.15) is 5.82 Å². The molecule has 1 aliphatic heterocycles. The molecule has 0 radical (unpaired) electrons. The van der Waals surface area contributed by atoms with Crippen LogP contribution in [0.5, 0.6) is 0 Å². The van der Waals surface area contributed by atoms with Crippen LogP contribution in [-0.2, 0) is 6.42 Å². The highest BCUT2D eigenvalue weighted by Gasteiger charge is 2.21. The van der Waals surface area contributed by atoms with Gasteiger partial charge in [0.15, 0.2) is 11.6 Å². The fourth-order valence-electron chi connectivity index (χ4n) is 3.30. The molecule has 3 heterocycles. The lowest BCUT2D eigenvalue weighted by atomic mass is 10.0. The standard InChI is InChI=1S/C18H29N7.HI/c1-14(2)24-12-8-15(9-13-24)21-18(19-3)20-10-7-17-23-22-16-6-4-5-11-25(16)17;/h4-6,11,14-15H,7-10,12-13H2,1-3H3,(H2,19,20,21);1H. The molecular formula is C18H30IN7. The number of guanidine groups is 1. The monoisotopic (exact) mass is 471 g/mol. The molecule has 26 heavy (non-hydrogen) atoms. The van der Waals surface area contributed by atoms with Gasteiger partial charge < -0.3 is 15.5 Å². The van der Waals surface area contributed by atoms with E-state index in [9.17, 15) is 0 Å². The lowest BCUT2D eigenvalue weighted by Gasteiger charge is -2.35. The van der Waals surface area contributed by atoms with E-state index in [1.165, 1.54) is 0 Å². The minimum atomic E-state index is 0. The van der Waals surface area contributed by atoms with Gasteiger partial charge in [-0.05, 0) is 38.8 Å². The second-order valence-corrected chi connectivity index (χ2v) is 6.84. The van der Waals surface area contributed by atoms with Crippen molar-refractivity contribution in [3.8, 4) is 0 Å². The largest absolute Gasteiger partial charge is 0.356 e. The maximum Gasteiger partial charge on any atom is 0.191 e. The van der Waals surface area contributed by atoms with Crippen LogP contribution in [0.25, 0.3) is 5.65 Å². The Kier molecular flexibility index (Phi) is 8.08. The van der Waals surface area contributed by atoms with Crippen molar-refractivity contribution in [2.24, 2.45) is 4.99 Å². The molecule has 0 unspecified atom stereocenters. The van der Waals surface area contributed by atoms with E-state index in [1.807, 2.05) is 35.8 Å². The van der Waals surface area contributed by atoms with Gasteiger partial charge >= 0.3 is 0 Å². The number of hydrogen-bond donors (Lipinski definition) is 2. The molecule has 2 N–H and O–H groups in total.